The van der Waals surface area contributed by atoms with Gasteiger partial charge in [-0.2, -0.15) is 0 Å². The Balaban J connectivity index is 1.13. The number of unbranched alkanes of at least 4 members (excludes halogenated alkanes) is 5. The molecule has 11 N–H and O–H groups in total. The highest BCUT2D eigenvalue weighted by Gasteiger charge is 2.62. The molecule has 6 rings (SSSR count). The molecule has 0 aromatic rings. The van der Waals surface area contributed by atoms with Gasteiger partial charge in [0.25, 0.3) is 5.91 Å². The van der Waals surface area contributed by atoms with Gasteiger partial charge in [0.15, 0.2) is 25.0 Å². The fourth-order valence-corrected chi connectivity index (χ4v) is 7.72. The van der Waals surface area contributed by atoms with Crippen LogP contribution in [0.2, 0.25) is 0 Å². The summed E-state index contributed by atoms with van der Waals surface area (Å²) in [5.74, 6) is -2.16. The van der Waals surface area contributed by atoms with Gasteiger partial charge in [0, 0.05) is 6.54 Å². The molecule has 0 saturated carbocycles. The summed E-state index contributed by atoms with van der Waals surface area (Å²) in [5, 5.41) is 109. The van der Waals surface area contributed by atoms with Crippen LogP contribution >= 0.6 is 0 Å². The largest absolute Gasteiger partial charge is 0.394 e. The predicted molar refractivity (Wildman–Crippen MR) is 168 cm³/mol. The molecule has 0 unspecified atom stereocenters. The van der Waals surface area contributed by atoms with E-state index in [2.05, 4.69) is 12.2 Å². The molecule has 6 aliphatic rings. The Morgan fingerprint density at radius 2 is 1.23 bits per heavy atom. The van der Waals surface area contributed by atoms with E-state index in [9.17, 15) is 51.1 Å². The van der Waals surface area contributed by atoms with Crippen LogP contribution in [0.3, 0.4) is 0 Å². The molecule has 0 aromatic heterocycles. The van der Waals surface area contributed by atoms with Crippen LogP contribution in [0.4, 0.5) is 0 Å². The molecule has 6 heterocycles. The van der Waals surface area contributed by atoms with Gasteiger partial charge < -0.3 is 93.7 Å². The third-order valence-electron chi connectivity index (χ3n) is 10.7. The zero-order chi connectivity index (χ0) is 37.3. The lowest BCUT2D eigenvalue weighted by molar-refractivity contribution is -0.408. The summed E-state index contributed by atoms with van der Waals surface area (Å²) in [5.41, 5.74) is 0. The van der Waals surface area contributed by atoms with Crippen LogP contribution < -0.4 is 5.32 Å². The van der Waals surface area contributed by atoms with Crippen LogP contribution in [0.5, 0.6) is 0 Å². The average Bonchev–Trinajstić information content (AvgIpc) is 3.62. The minimum absolute atomic E-state index is 0.0233. The van der Waals surface area contributed by atoms with E-state index in [0.29, 0.717) is 6.42 Å². The Morgan fingerprint density at radius 3 is 1.92 bits per heavy atom. The van der Waals surface area contributed by atoms with Crippen LogP contribution in [0.25, 0.3) is 0 Å². The number of aliphatic hydroxyl groups is 10. The van der Waals surface area contributed by atoms with E-state index in [0.717, 1.165) is 32.1 Å². The van der Waals surface area contributed by atoms with Crippen molar-refractivity contribution in [1.82, 2.24) is 5.32 Å². The Kier molecular flexibility index (Phi) is 13.8. The van der Waals surface area contributed by atoms with Crippen molar-refractivity contribution >= 4 is 0 Å². The van der Waals surface area contributed by atoms with E-state index in [1.165, 1.54) is 0 Å². The van der Waals surface area contributed by atoms with Gasteiger partial charge in [0.2, 0.25) is 0 Å². The molecule has 20 atom stereocenters. The lowest BCUT2D eigenvalue weighted by Crippen LogP contribution is -2.73. The zero-order valence-corrected chi connectivity index (χ0v) is 28.9. The molecule has 20 heteroatoms. The molecule has 302 valence electrons. The van der Waals surface area contributed by atoms with E-state index >= 15 is 0 Å². The first-order valence-electron chi connectivity index (χ1n) is 18.2. The first-order valence-corrected chi connectivity index (χ1v) is 18.2. The van der Waals surface area contributed by atoms with Crippen LogP contribution in [-0.4, -0.2) is 206 Å². The molecular weight excluding hydrogens is 702 g/mol. The second-order valence-electron chi connectivity index (χ2n) is 14.3. The van der Waals surface area contributed by atoms with Gasteiger partial charge >= 0.3 is 0 Å². The second-order valence-corrected chi connectivity index (χ2v) is 14.3. The molecule has 4 bridgehead atoms. The molecule has 6 aliphatic heterocycles. The quantitative estimate of drug-likeness (QED) is 0.0517. The molecule has 0 radical (unpaired) electrons. The molecule has 52 heavy (non-hydrogen) atoms. The topological polar surface area (TPSA) is 297 Å². The number of fused-ring (bicyclic) bond motifs is 4. The van der Waals surface area contributed by atoms with Crippen molar-refractivity contribution in [3.8, 4) is 0 Å². The van der Waals surface area contributed by atoms with E-state index < -0.39 is 136 Å². The smallest absolute Gasteiger partial charge is 0.258 e. The zero-order valence-electron chi connectivity index (χ0n) is 28.9. The van der Waals surface area contributed by atoms with Gasteiger partial charge in [0.05, 0.1) is 26.4 Å². The van der Waals surface area contributed by atoms with Crippen LogP contribution in [0.15, 0.2) is 0 Å². The Bertz CT molecular complexity index is 1130. The molecule has 0 aliphatic carbocycles. The third kappa shape index (κ3) is 8.04. The average molecular weight is 758 g/mol. The monoisotopic (exact) mass is 757 g/mol. The second kappa shape index (κ2) is 17.6. The summed E-state index contributed by atoms with van der Waals surface area (Å²) in [6.45, 7) is 0.790. The molecule has 6 fully saturated rings. The first kappa shape index (κ1) is 40.9. The Morgan fingerprint density at radius 1 is 0.615 bits per heavy atom. The molecular formula is C32H55NO19. The molecule has 6 saturated heterocycles. The summed E-state index contributed by atoms with van der Waals surface area (Å²) in [6.07, 6.45) is -21.1. The van der Waals surface area contributed by atoms with Crippen molar-refractivity contribution in [2.24, 2.45) is 0 Å². The van der Waals surface area contributed by atoms with Crippen LogP contribution in [0, 0.1) is 0 Å². The van der Waals surface area contributed by atoms with Gasteiger partial charge in [-0.3, -0.25) is 5.32 Å². The van der Waals surface area contributed by atoms with E-state index in [4.69, 9.17) is 42.6 Å². The third-order valence-corrected chi connectivity index (χ3v) is 10.7. The van der Waals surface area contributed by atoms with Crippen LogP contribution in [0.1, 0.15) is 45.4 Å². The number of hydrogen-bond acceptors (Lipinski definition) is 20. The fraction of sp³-hybridized carbons (Fsp3) is 1.00. The van der Waals surface area contributed by atoms with E-state index in [1.54, 1.807) is 0 Å². The maximum Gasteiger partial charge on any atom is 0.258 e. The summed E-state index contributed by atoms with van der Waals surface area (Å²) >= 11 is 0. The van der Waals surface area contributed by atoms with Gasteiger partial charge in [-0.1, -0.05) is 39.0 Å². The fourth-order valence-electron chi connectivity index (χ4n) is 7.72. The van der Waals surface area contributed by atoms with Crippen molar-refractivity contribution in [3.63, 3.8) is 0 Å². The number of rotatable bonds is 16. The van der Waals surface area contributed by atoms with Crippen molar-refractivity contribution in [2.75, 3.05) is 33.0 Å². The standard InChI is InChI=1S/C32H55NO19/c1-2-3-4-5-6-7-8-33-32(28(42)19(38)17(36)14(10-35)51-32)52-24-16-12-45-27(24)22(41)31(48-16)50-25-18(37)13(9-34)47-30(21(25)40)49-23-15-11-44-26(23)20(39)29(43)46-15/h13-31,33-43H,2-12H2,1H3/t13-,14-,15+,16+,17+,18-,19+,20+,21-,22+,23+,24+,25+,26+,27+,28-,29-,30+,31+,32+/m1/s1. The summed E-state index contributed by atoms with van der Waals surface area (Å²) in [4.78, 5) is 0. The highest BCUT2D eigenvalue weighted by atomic mass is 16.8. The maximum absolute atomic E-state index is 11.4. The first-order chi connectivity index (χ1) is 24.9. The van der Waals surface area contributed by atoms with Crippen molar-refractivity contribution in [3.05, 3.63) is 0 Å². The summed E-state index contributed by atoms with van der Waals surface area (Å²) in [7, 11) is 0. The molecule has 0 spiro atoms. The van der Waals surface area contributed by atoms with E-state index in [1.807, 2.05) is 0 Å². The highest BCUT2D eigenvalue weighted by molar-refractivity contribution is 5.03. The van der Waals surface area contributed by atoms with Gasteiger partial charge in [-0.25, -0.2) is 0 Å². The molecule has 0 amide bonds. The molecule has 20 nitrogen and oxygen atoms in total. The predicted octanol–water partition coefficient (Wildman–Crippen LogP) is -5.38. The lowest BCUT2D eigenvalue weighted by atomic mass is 9.95. The SMILES string of the molecule is CCCCCCCCN[C@]1(O[C@@H]2[C@H]3OC[C@@H]2O[C@@H](O[C@@H]2[C@@H](O)[C@H](O[C@@H]4[C@H]5OC[C@@H]4O[C@@H](O)[C@H]5O)O[C@H](CO)[C@H]2O)[C@H]3O)O[C@H](CO)[C@H](O)[C@H](O)[C@H]1O. The van der Waals surface area contributed by atoms with Crippen molar-refractivity contribution < 1.29 is 93.7 Å². The maximum atomic E-state index is 11.4. The van der Waals surface area contributed by atoms with Gasteiger partial charge in [0.1, 0.15) is 91.6 Å². The van der Waals surface area contributed by atoms with Crippen molar-refractivity contribution in [2.45, 2.75) is 168 Å². The molecule has 0 aromatic carbocycles. The highest BCUT2D eigenvalue weighted by Crippen LogP contribution is 2.40. The van der Waals surface area contributed by atoms with E-state index in [-0.39, 0.29) is 19.8 Å². The normalized spacial score (nSPS) is 50.5. The minimum Gasteiger partial charge on any atom is -0.394 e. The summed E-state index contributed by atoms with van der Waals surface area (Å²) < 4.78 is 52.3. The Hall–Kier alpha value is -0.800. The van der Waals surface area contributed by atoms with Crippen molar-refractivity contribution in [1.29, 1.82) is 0 Å². The number of aliphatic hydroxyl groups excluding tert-OH is 10. The number of hydrogen-bond donors (Lipinski definition) is 11. The Labute approximate surface area is 300 Å². The lowest BCUT2D eigenvalue weighted by Gasteiger charge is -2.51. The number of ether oxygens (including phenoxy) is 9. The van der Waals surface area contributed by atoms with Gasteiger partial charge in [-0.05, 0) is 6.42 Å². The minimum atomic E-state index is -2.16. The number of nitrogens with one attached hydrogen (secondary N) is 1. The summed E-state index contributed by atoms with van der Waals surface area (Å²) in [6, 6.07) is 0. The van der Waals surface area contributed by atoms with Crippen LogP contribution in [-0.2, 0) is 42.6 Å². The van der Waals surface area contributed by atoms with Gasteiger partial charge in [-0.15, -0.1) is 0 Å².